The number of halogens is 2. The second-order valence-corrected chi connectivity index (χ2v) is 9.96. The standard InChI is InChI=1S/C24H26ClFN2O2S/c1-14-4-3-5-20(15(14)2)27-24(30)16-7-9-22-21(10-16)28(23(29)13-31-22)12-17-6-8-18(26)11-19(17)25/h6-11,14-15,20H,3-5,12-13H2,1-2H3,(H,27,30)/t14-,15+,20+/m1/s1. The molecule has 0 bridgehead atoms. The second-order valence-electron chi connectivity index (χ2n) is 8.53. The van der Waals surface area contributed by atoms with Gasteiger partial charge in [-0.3, -0.25) is 9.59 Å². The number of fused-ring (bicyclic) bond motifs is 1. The average molecular weight is 461 g/mol. The predicted molar refractivity (Wildman–Crippen MR) is 123 cm³/mol. The number of amides is 2. The SMILES string of the molecule is C[C@H]1[C@H](C)CCC[C@@H]1NC(=O)c1ccc2c(c1)N(Cc1ccc(F)cc1Cl)C(=O)CS2. The molecule has 0 unspecified atom stereocenters. The monoisotopic (exact) mass is 460 g/mol. The van der Waals surface area contributed by atoms with Gasteiger partial charge in [0, 0.05) is 21.5 Å². The minimum absolute atomic E-state index is 0.0647. The van der Waals surface area contributed by atoms with Gasteiger partial charge in [0.05, 0.1) is 18.0 Å². The van der Waals surface area contributed by atoms with Crippen LogP contribution >= 0.6 is 23.4 Å². The van der Waals surface area contributed by atoms with Crippen LogP contribution in [0.3, 0.4) is 0 Å². The van der Waals surface area contributed by atoms with Crippen LogP contribution in [0.1, 0.15) is 49.0 Å². The maximum absolute atomic E-state index is 13.4. The highest BCUT2D eigenvalue weighted by Crippen LogP contribution is 2.38. The van der Waals surface area contributed by atoms with Crippen LogP contribution in [0.15, 0.2) is 41.3 Å². The molecule has 2 aliphatic rings. The van der Waals surface area contributed by atoms with Gasteiger partial charge in [-0.2, -0.15) is 0 Å². The number of hydrogen-bond acceptors (Lipinski definition) is 3. The van der Waals surface area contributed by atoms with Crippen LogP contribution < -0.4 is 10.2 Å². The van der Waals surface area contributed by atoms with Crippen molar-refractivity contribution in [3.05, 3.63) is 58.4 Å². The van der Waals surface area contributed by atoms with E-state index in [-0.39, 0.29) is 29.4 Å². The van der Waals surface area contributed by atoms with Crippen molar-refractivity contribution in [3.63, 3.8) is 0 Å². The molecule has 2 amide bonds. The Kier molecular flexibility index (Phi) is 6.58. The van der Waals surface area contributed by atoms with E-state index >= 15 is 0 Å². The zero-order valence-corrected chi connectivity index (χ0v) is 19.2. The number of nitrogens with zero attached hydrogens (tertiary/aromatic N) is 1. The Morgan fingerprint density at radius 3 is 2.81 bits per heavy atom. The van der Waals surface area contributed by atoms with Crippen molar-refractivity contribution >= 4 is 40.9 Å². The summed E-state index contributed by atoms with van der Waals surface area (Å²) in [6.07, 6.45) is 3.32. The van der Waals surface area contributed by atoms with Gasteiger partial charge in [-0.15, -0.1) is 11.8 Å². The first-order valence-electron chi connectivity index (χ1n) is 10.7. The van der Waals surface area contributed by atoms with Crippen molar-refractivity contribution in [2.24, 2.45) is 11.8 Å². The Labute approximate surface area is 191 Å². The van der Waals surface area contributed by atoms with E-state index in [9.17, 15) is 14.0 Å². The number of benzene rings is 2. The van der Waals surface area contributed by atoms with Gasteiger partial charge < -0.3 is 10.2 Å². The lowest BCUT2D eigenvalue weighted by atomic mass is 9.78. The van der Waals surface area contributed by atoms with Crippen molar-refractivity contribution < 1.29 is 14.0 Å². The molecule has 0 aromatic heterocycles. The summed E-state index contributed by atoms with van der Waals surface area (Å²) in [5.41, 5.74) is 1.89. The molecule has 1 heterocycles. The Bertz CT molecular complexity index is 1020. The molecule has 1 aliphatic heterocycles. The van der Waals surface area contributed by atoms with Crippen molar-refractivity contribution in [1.29, 1.82) is 0 Å². The zero-order chi connectivity index (χ0) is 22.1. The third kappa shape index (κ3) is 4.75. The van der Waals surface area contributed by atoms with Crippen LogP contribution in [0.5, 0.6) is 0 Å². The number of nitrogens with one attached hydrogen (secondary N) is 1. The van der Waals surface area contributed by atoms with Crippen LogP contribution in [0, 0.1) is 17.7 Å². The van der Waals surface area contributed by atoms with Gasteiger partial charge in [-0.1, -0.05) is 44.4 Å². The van der Waals surface area contributed by atoms with Crippen molar-refractivity contribution in [3.8, 4) is 0 Å². The number of carbonyl (C=O) groups is 2. The molecule has 31 heavy (non-hydrogen) atoms. The van der Waals surface area contributed by atoms with E-state index in [4.69, 9.17) is 11.6 Å². The fraction of sp³-hybridized carbons (Fsp3) is 0.417. The van der Waals surface area contributed by atoms with Crippen molar-refractivity contribution in [1.82, 2.24) is 5.32 Å². The van der Waals surface area contributed by atoms with Crippen molar-refractivity contribution in [2.45, 2.75) is 50.6 Å². The number of carbonyl (C=O) groups excluding carboxylic acids is 2. The third-order valence-corrected chi connectivity index (χ3v) is 7.93. The lowest BCUT2D eigenvalue weighted by Gasteiger charge is -2.34. The Hall–Kier alpha value is -2.05. The number of thioether (sulfide) groups is 1. The van der Waals surface area contributed by atoms with Crippen LogP contribution in [-0.2, 0) is 11.3 Å². The Morgan fingerprint density at radius 2 is 2.03 bits per heavy atom. The lowest BCUT2D eigenvalue weighted by Crippen LogP contribution is -2.43. The first kappa shape index (κ1) is 22.2. The highest BCUT2D eigenvalue weighted by molar-refractivity contribution is 8.00. The Balaban J connectivity index is 1.58. The largest absolute Gasteiger partial charge is 0.349 e. The van der Waals surface area contributed by atoms with Gasteiger partial charge in [0.1, 0.15) is 5.82 Å². The minimum Gasteiger partial charge on any atom is -0.349 e. The van der Waals surface area contributed by atoms with E-state index in [1.165, 1.54) is 30.3 Å². The molecule has 4 rings (SSSR count). The first-order chi connectivity index (χ1) is 14.8. The fourth-order valence-electron chi connectivity index (χ4n) is 4.37. The Morgan fingerprint density at radius 1 is 1.23 bits per heavy atom. The molecule has 0 saturated heterocycles. The molecule has 1 N–H and O–H groups in total. The van der Waals surface area contributed by atoms with E-state index in [1.807, 2.05) is 12.1 Å². The molecule has 2 aromatic rings. The van der Waals surface area contributed by atoms with Gasteiger partial charge in [0.25, 0.3) is 5.91 Å². The summed E-state index contributed by atoms with van der Waals surface area (Å²) in [4.78, 5) is 28.3. The van der Waals surface area contributed by atoms with Crippen LogP contribution in [0.2, 0.25) is 5.02 Å². The lowest BCUT2D eigenvalue weighted by molar-refractivity contribution is -0.116. The number of hydrogen-bond donors (Lipinski definition) is 1. The molecule has 0 radical (unpaired) electrons. The van der Waals surface area contributed by atoms with Crippen LogP contribution in [0.4, 0.5) is 10.1 Å². The second kappa shape index (κ2) is 9.21. The fourth-order valence-corrected chi connectivity index (χ4v) is 5.52. The summed E-state index contributed by atoms with van der Waals surface area (Å²) in [5, 5.41) is 3.48. The van der Waals surface area contributed by atoms with E-state index in [0.717, 1.165) is 17.7 Å². The van der Waals surface area contributed by atoms with Gasteiger partial charge >= 0.3 is 0 Å². The minimum atomic E-state index is -0.417. The quantitative estimate of drug-likeness (QED) is 0.639. The predicted octanol–water partition coefficient (Wildman–Crippen LogP) is 5.67. The van der Waals surface area contributed by atoms with Crippen LogP contribution in [-0.4, -0.2) is 23.6 Å². The van der Waals surface area contributed by atoms with Gasteiger partial charge in [-0.25, -0.2) is 4.39 Å². The number of anilines is 1. The number of rotatable bonds is 4. The molecule has 0 spiro atoms. The summed E-state index contributed by atoms with van der Waals surface area (Å²) in [7, 11) is 0. The molecule has 1 aliphatic carbocycles. The molecule has 7 heteroatoms. The summed E-state index contributed by atoms with van der Waals surface area (Å²) < 4.78 is 13.4. The topological polar surface area (TPSA) is 49.4 Å². The summed E-state index contributed by atoms with van der Waals surface area (Å²) in [5.74, 6) is 0.744. The molecular formula is C24H26ClFN2O2S. The normalized spacial score (nSPS) is 23.4. The first-order valence-corrected chi connectivity index (χ1v) is 12.0. The highest BCUT2D eigenvalue weighted by Gasteiger charge is 2.30. The summed E-state index contributed by atoms with van der Waals surface area (Å²) in [6, 6.07) is 9.83. The molecule has 164 valence electrons. The van der Waals surface area contributed by atoms with Gasteiger partial charge in [0.2, 0.25) is 5.91 Å². The average Bonchev–Trinajstić information content (AvgIpc) is 2.74. The molecule has 3 atom stereocenters. The summed E-state index contributed by atoms with van der Waals surface area (Å²) >= 11 is 7.65. The summed E-state index contributed by atoms with van der Waals surface area (Å²) in [6.45, 7) is 4.67. The molecule has 1 saturated carbocycles. The molecule has 4 nitrogen and oxygen atoms in total. The maximum atomic E-state index is 13.4. The van der Waals surface area contributed by atoms with Crippen molar-refractivity contribution in [2.75, 3.05) is 10.7 Å². The third-order valence-electron chi connectivity index (χ3n) is 6.53. The molecule has 1 fully saturated rings. The van der Waals surface area contributed by atoms with E-state index < -0.39 is 5.82 Å². The zero-order valence-electron chi connectivity index (χ0n) is 17.7. The van der Waals surface area contributed by atoms with E-state index in [0.29, 0.717) is 34.4 Å². The van der Waals surface area contributed by atoms with Crippen LogP contribution in [0.25, 0.3) is 0 Å². The molecule has 2 aromatic carbocycles. The van der Waals surface area contributed by atoms with Gasteiger partial charge in [-0.05, 0) is 54.2 Å². The molecular weight excluding hydrogens is 435 g/mol. The van der Waals surface area contributed by atoms with E-state index in [1.54, 1.807) is 17.0 Å². The highest BCUT2D eigenvalue weighted by atomic mass is 35.5. The maximum Gasteiger partial charge on any atom is 0.251 e. The smallest absolute Gasteiger partial charge is 0.251 e. The van der Waals surface area contributed by atoms with Gasteiger partial charge in [0.15, 0.2) is 0 Å². The van der Waals surface area contributed by atoms with E-state index in [2.05, 4.69) is 19.2 Å².